The predicted molar refractivity (Wildman–Crippen MR) is 56.9 cm³/mol. The van der Waals surface area contributed by atoms with E-state index in [-0.39, 0.29) is 11.9 Å². The van der Waals surface area contributed by atoms with Crippen LogP contribution in [0.1, 0.15) is 30.4 Å². The highest BCUT2D eigenvalue weighted by Crippen LogP contribution is 2.38. The van der Waals surface area contributed by atoms with Crippen LogP contribution in [0.4, 0.5) is 4.39 Å². The molecule has 0 amide bonds. The predicted octanol–water partition coefficient (Wildman–Crippen LogP) is 1.83. The maximum atomic E-state index is 13.2. The Balaban J connectivity index is 2.36. The van der Waals surface area contributed by atoms with Crippen LogP contribution in [0.25, 0.3) is 0 Å². The fraction of sp³-hybridized carbons (Fsp3) is 0.500. The first-order chi connectivity index (χ1) is 6.99. The first kappa shape index (κ1) is 10.6. The van der Waals surface area contributed by atoms with Gasteiger partial charge < -0.3 is 10.8 Å². The van der Waals surface area contributed by atoms with Crippen molar-refractivity contribution in [3.8, 4) is 0 Å². The van der Waals surface area contributed by atoms with Gasteiger partial charge in [0, 0.05) is 6.04 Å². The van der Waals surface area contributed by atoms with Gasteiger partial charge in [-0.3, -0.25) is 0 Å². The average Bonchev–Trinajstić information content (AvgIpc) is 2.46. The van der Waals surface area contributed by atoms with Gasteiger partial charge in [0.05, 0.1) is 5.60 Å². The Morgan fingerprint density at radius 1 is 1.47 bits per heavy atom. The summed E-state index contributed by atoms with van der Waals surface area (Å²) in [6, 6.07) is 4.73. The third-order valence-electron chi connectivity index (χ3n) is 3.11. The zero-order valence-electron chi connectivity index (χ0n) is 8.83. The maximum Gasteiger partial charge on any atom is 0.123 e. The van der Waals surface area contributed by atoms with Gasteiger partial charge in [0.1, 0.15) is 5.82 Å². The highest BCUT2D eigenvalue weighted by atomic mass is 19.1. The molecule has 3 N–H and O–H groups in total. The first-order valence-electron chi connectivity index (χ1n) is 5.25. The fourth-order valence-corrected chi connectivity index (χ4v) is 2.33. The van der Waals surface area contributed by atoms with E-state index in [4.69, 9.17) is 5.73 Å². The summed E-state index contributed by atoms with van der Waals surface area (Å²) in [5.41, 5.74) is 6.34. The third kappa shape index (κ3) is 2.03. The van der Waals surface area contributed by atoms with Gasteiger partial charge in [-0.2, -0.15) is 0 Å². The molecule has 2 nitrogen and oxygen atoms in total. The van der Waals surface area contributed by atoms with E-state index in [2.05, 4.69) is 0 Å². The molecular formula is C12H16FNO. The number of hydrogen-bond donors (Lipinski definition) is 2. The van der Waals surface area contributed by atoms with Crippen molar-refractivity contribution in [3.63, 3.8) is 0 Å². The van der Waals surface area contributed by atoms with Crippen LogP contribution in [0.2, 0.25) is 0 Å². The van der Waals surface area contributed by atoms with Crippen molar-refractivity contribution in [2.45, 2.75) is 37.8 Å². The molecule has 15 heavy (non-hydrogen) atoms. The van der Waals surface area contributed by atoms with E-state index in [1.807, 2.05) is 13.0 Å². The minimum atomic E-state index is -0.924. The van der Waals surface area contributed by atoms with E-state index in [1.54, 1.807) is 0 Å². The summed E-state index contributed by atoms with van der Waals surface area (Å²) < 4.78 is 13.2. The van der Waals surface area contributed by atoms with Crippen LogP contribution < -0.4 is 5.73 Å². The lowest BCUT2D eigenvalue weighted by Crippen LogP contribution is -2.25. The Morgan fingerprint density at radius 3 is 2.73 bits per heavy atom. The molecule has 2 atom stereocenters. The van der Waals surface area contributed by atoms with Crippen molar-refractivity contribution in [1.82, 2.24) is 0 Å². The number of nitrogens with two attached hydrogens (primary N) is 1. The lowest BCUT2D eigenvalue weighted by Gasteiger charge is -2.23. The van der Waals surface area contributed by atoms with E-state index in [0.717, 1.165) is 12.0 Å². The summed E-state index contributed by atoms with van der Waals surface area (Å²) in [7, 11) is 0. The standard InChI is InChI=1S/C12H16FNO/c1-8-4-9(6-10(13)5-8)12(15)3-2-11(14)7-12/h4-6,11,15H,2-3,7,14H2,1H3. The van der Waals surface area contributed by atoms with Gasteiger partial charge in [-0.1, -0.05) is 6.07 Å². The van der Waals surface area contributed by atoms with Crippen LogP contribution in [0, 0.1) is 12.7 Å². The molecule has 0 aliphatic heterocycles. The fourth-order valence-electron chi connectivity index (χ4n) is 2.33. The molecule has 2 rings (SSSR count). The van der Waals surface area contributed by atoms with Gasteiger partial charge in [0.25, 0.3) is 0 Å². The van der Waals surface area contributed by atoms with Crippen molar-refractivity contribution >= 4 is 0 Å². The zero-order valence-corrected chi connectivity index (χ0v) is 8.83. The number of aryl methyl sites for hydroxylation is 1. The SMILES string of the molecule is Cc1cc(F)cc(C2(O)CCC(N)C2)c1. The van der Waals surface area contributed by atoms with Gasteiger partial charge in [-0.25, -0.2) is 4.39 Å². The molecule has 1 saturated carbocycles. The number of benzene rings is 1. The average molecular weight is 209 g/mol. The van der Waals surface area contributed by atoms with Crippen molar-refractivity contribution in [1.29, 1.82) is 0 Å². The normalized spacial score (nSPS) is 30.8. The topological polar surface area (TPSA) is 46.2 Å². The largest absolute Gasteiger partial charge is 0.385 e. The van der Waals surface area contributed by atoms with E-state index >= 15 is 0 Å². The molecule has 0 bridgehead atoms. The van der Waals surface area contributed by atoms with Crippen LogP contribution in [-0.2, 0) is 5.60 Å². The second kappa shape index (κ2) is 3.58. The van der Waals surface area contributed by atoms with E-state index in [9.17, 15) is 9.50 Å². The van der Waals surface area contributed by atoms with Gasteiger partial charge in [-0.15, -0.1) is 0 Å². The van der Waals surface area contributed by atoms with Crippen molar-refractivity contribution in [3.05, 3.63) is 35.1 Å². The minimum absolute atomic E-state index is 0.0265. The molecule has 0 saturated heterocycles. The molecule has 1 aliphatic carbocycles. The Bertz CT molecular complexity index is 360. The van der Waals surface area contributed by atoms with Crippen LogP contribution in [-0.4, -0.2) is 11.1 Å². The Kier molecular flexibility index (Phi) is 2.52. The van der Waals surface area contributed by atoms with E-state index < -0.39 is 5.60 Å². The second-order valence-electron chi connectivity index (χ2n) is 4.55. The second-order valence-corrected chi connectivity index (χ2v) is 4.55. The minimum Gasteiger partial charge on any atom is -0.385 e. The number of hydrogen-bond acceptors (Lipinski definition) is 2. The van der Waals surface area contributed by atoms with Gasteiger partial charge >= 0.3 is 0 Å². The highest BCUT2D eigenvalue weighted by molar-refractivity contribution is 5.29. The maximum absolute atomic E-state index is 13.2. The lowest BCUT2D eigenvalue weighted by molar-refractivity contribution is 0.0427. The Hall–Kier alpha value is -0.930. The zero-order chi connectivity index (χ0) is 11.1. The van der Waals surface area contributed by atoms with Crippen LogP contribution in [0.5, 0.6) is 0 Å². The summed E-state index contributed by atoms with van der Waals surface area (Å²) in [6.45, 7) is 1.82. The summed E-state index contributed by atoms with van der Waals surface area (Å²) in [5.74, 6) is -0.293. The molecule has 0 radical (unpaired) electrons. The molecule has 1 aliphatic rings. The quantitative estimate of drug-likeness (QED) is 0.741. The number of aliphatic hydroxyl groups is 1. The molecule has 1 aromatic carbocycles. The summed E-state index contributed by atoms with van der Waals surface area (Å²) >= 11 is 0. The Morgan fingerprint density at radius 2 is 2.20 bits per heavy atom. The van der Waals surface area contributed by atoms with E-state index in [0.29, 0.717) is 18.4 Å². The third-order valence-corrected chi connectivity index (χ3v) is 3.11. The number of rotatable bonds is 1. The molecule has 2 unspecified atom stereocenters. The summed E-state index contributed by atoms with van der Waals surface area (Å²) in [5, 5.41) is 10.3. The lowest BCUT2D eigenvalue weighted by atomic mass is 9.91. The molecule has 0 heterocycles. The van der Waals surface area contributed by atoms with Crippen molar-refractivity contribution < 1.29 is 9.50 Å². The highest BCUT2D eigenvalue weighted by Gasteiger charge is 2.37. The summed E-state index contributed by atoms with van der Waals surface area (Å²) in [6.07, 6.45) is 1.94. The molecule has 3 heteroatoms. The molecule has 1 aromatic rings. The van der Waals surface area contributed by atoms with Crippen molar-refractivity contribution in [2.24, 2.45) is 5.73 Å². The first-order valence-corrected chi connectivity index (χ1v) is 5.25. The van der Waals surface area contributed by atoms with Gasteiger partial charge in [0.15, 0.2) is 0 Å². The van der Waals surface area contributed by atoms with Crippen molar-refractivity contribution in [2.75, 3.05) is 0 Å². The van der Waals surface area contributed by atoms with Crippen LogP contribution in [0.3, 0.4) is 0 Å². The van der Waals surface area contributed by atoms with E-state index in [1.165, 1.54) is 12.1 Å². The van der Waals surface area contributed by atoms with Gasteiger partial charge in [0.2, 0.25) is 0 Å². The Labute approximate surface area is 88.9 Å². The number of halogens is 1. The monoisotopic (exact) mass is 209 g/mol. The molecule has 82 valence electrons. The molecule has 0 aromatic heterocycles. The molecular weight excluding hydrogens is 193 g/mol. The molecule has 0 spiro atoms. The smallest absolute Gasteiger partial charge is 0.123 e. The van der Waals surface area contributed by atoms with Crippen LogP contribution >= 0.6 is 0 Å². The summed E-state index contributed by atoms with van der Waals surface area (Å²) in [4.78, 5) is 0. The van der Waals surface area contributed by atoms with Crippen LogP contribution in [0.15, 0.2) is 18.2 Å². The molecule has 1 fully saturated rings. The van der Waals surface area contributed by atoms with Gasteiger partial charge in [-0.05, 0) is 49.4 Å².